The Morgan fingerprint density at radius 2 is 1.95 bits per heavy atom. The molecule has 3 rings (SSSR count). The SMILES string of the molecule is O=C(NCc1nnc2n1CCCCC2)c1cc(Cl)nc(Cl)c1. The number of carbonyl (C=O) groups excluding carboxylic acids is 1. The summed E-state index contributed by atoms with van der Waals surface area (Å²) in [6.45, 7) is 1.23. The maximum Gasteiger partial charge on any atom is 0.251 e. The highest BCUT2D eigenvalue weighted by atomic mass is 35.5. The average Bonchev–Trinajstić information content (AvgIpc) is 2.71. The summed E-state index contributed by atoms with van der Waals surface area (Å²) in [6, 6.07) is 2.96. The van der Waals surface area contributed by atoms with Gasteiger partial charge in [-0.05, 0) is 25.0 Å². The largest absolute Gasteiger partial charge is 0.345 e. The Morgan fingerprint density at radius 3 is 2.73 bits per heavy atom. The molecule has 0 aromatic carbocycles. The number of fused-ring (bicyclic) bond motifs is 1. The summed E-state index contributed by atoms with van der Waals surface area (Å²) in [5.41, 5.74) is 0.376. The van der Waals surface area contributed by atoms with Crippen molar-refractivity contribution in [1.82, 2.24) is 25.1 Å². The van der Waals surface area contributed by atoms with Gasteiger partial charge in [0.15, 0.2) is 5.82 Å². The fourth-order valence-corrected chi connectivity index (χ4v) is 2.99. The van der Waals surface area contributed by atoms with E-state index in [1.54, 1.807) is 0 Å². The van der Waals surface area contributed by atoms with Crippen LogP contribution in [-0.2, 0) is 19.5 Å². The van der Waals surface area contributed by atoms with Gasteiger partial charge in [-0.15, -0.1) is 10.2 Å². The lowest BCUT2D eigenvalue weighted by molar-refractivity contribution is 0.0949. The Labute approximate surface area is 137 Å². The van der Waals surface area contributed by atoms with E-state index in [4.69, 9.17) is 23.2 Å². The zero-order valence-electron chi connectivity index (χ0n) is 11.9. The van der Waals surface area contributed by atoms with Gasteiger partial charge in [-0.1, -0.05) is 29.6 Å². The van der Waals surface area contributed by atoms with Gasteiger partial charge in [-0.3, -0.25) is 4.79 Å². The van der Waals surface area contributed by atoms with E-state index in [-0.39, 0.29) is 16.2 Å². The summed E-state index contributed by atoms with van der Waals surface area (Å²) in [4.78, 5) is 16.0. The molecule has 3 heterocycles. The number of nitrogens with zero attached hydrogens (tertiary/aromatic N) is 4. The molecule has 8 heteroatoms. The second-order valence-electron chi connectivity index (χ2n) is 5.18. The molecule has 0 aliphatic carbocycles. The molecule has 1 N–H and O–H groups in total. The number of nitrogens with one attached hydrogen (secondary N) is 1. The molecular weight excluding hydrogens is 325 g/mol. The third-order valence-electron chi connectivity index (χ3n) is 3.62. The van der Waals surface area contributed by atoms with E-state index < -0.39 is 0 Å². The summed E-state index contributed by atoms with van der Waals surface area (Å²) in [5, 5.41) is 11.6. The van der Waals surface area contributed by atoms with Crippen LogP contribution < -0.4 is 5.32 Å². The molecule has 0 saturated heterocycles. The molecule has 0 radical (unpaired) electrons. The Balaban J connectivity index is 1.70. The Morgan fingerprint density at radius 1 is 1.18 bits per heavy atom. The van der Waals surface area contributed by atoms with Gasteiger partial charge in [0.1, 0.15) is 16.1 Å². The summed E-state index contributed by atoms with van der Waals surface area (Å²) in [5.74, 6) is 1.51. The molecule has 0 bridgehead atoms. The van der Waals surface area contributed by atoms with Crippen LogP contribution in [-0.4, -0.2) is 25.7 Å². The van der Waals surface area contributed by atoms with E-state index in [2.05, 4.69) is 25.1 Å². The van der Waals surface area contributed by atoms with Crippen LogP contribution in [0.3, 0.4) is 0 Å². The minimum Gasteiger partial charge on any atom is -0.345 e. The number of aromatic nitrogens is 4. The minimum atomic E-state index is -0.267. The van der Waals surface area contributed by atoms with Crippen LogP contribution >= 0.6 is 23.2 Å². The lowest BCUT2D eigenvalue weighted by Gasteiger charge is -2.08. The predicted molar refractivity (Wildman–Crippen MR) is 83.0 cm³/mol. The van der Waals surface area contributed by atoms with Gasteiger partial charge in [-0.25, -0.2) is 4.98 Å². The number of hydrogen-bond donors (Lipinski definition) is 1. The molecule has 0 unspecified atom stereocenters. The molecule has 22 heavy (non-hydrogen) atoms. The molecule has 0 spiro atoms. The molecular formula is C14H15Cl2N5O. The standard InChI is InChI=1S/C14H15Cl2N5O/c15-10-6-9(7-11(16)18-10)14(22)17-8-13-20-19-12-4-2-1-3-5-21(12)13/h6-7H,1-5,8H2,(H,17,22). The number of pyridine rings is 1. The van der Waals surface area contributed by atoms with E-state index in [0.29, 0.717) is 12.1 Å². The first-order chi connectivity index (χ1) is 10.6. The molecule has 0 fully saturated rings. The van der Waals surface area contributed by atoms with Gasteiger partial charge in [0, 0.05) is 18.5 Å². The minimum absolute atomic E-state index is 0.189. The summed E-state index contributed by atoms with van der Waals surface area (Å²) < 4.78 is 2.10. The predicted octanol–water partition coefficient (Wildman–Crippen LogP) is 2.64. The van der Waals surface area contributed by atoms with Crippen LogP contribution in [0.5, 0.6) is 0 Å². The van der Waals surface area contributed by atoms with Crippen molar-refractivity contribution in [2.24, 2.45) is 0 Å². The van der Waals surface area contributed by atoms with E-state index in [9.17, 15) is 4.79 Å². The number of aryl methyl sites for hydroxylation is 1. The second kappa shape index (κ2) is 6.62. The molecule has 0 atom stereocenters. The first-order valence-corrected chi connectivity index (χ1v) is 7.91. The van der Waals surface area contributed by atoms with Crippen LogP contribution in [0, 0.1) is 0 Å². The van der Waals surface area contributed by atoms with Crippen LogP contribution in [0.1, 0.15) is 41.3 Å². The normalized spacial score (nSPS) is 14.3. The van der Waals surface area contributed by atoms with Crippen LogP contribution in [0.4, 0.5) is 0 Å². The summed E-state index contributed by atoms with van der Waals surface area (Å²) in [7, 11) is 0. The Kier molecular flexibility index (Phi) is 4.59. The first kappa shape index (κ1) is 15.2. The van der Waals surface area contributed by atoms with Crippen molar-refractivity contribution in [2.45, 2.75) is 38.8 Å². The summed E-state index contributed by atoms with van der Waals surface area (Å²) >= 11 is 11.6. The highest BCUT2D eigenvalue weighted by Crippen LogP contribution is 2.16. The molecule has 1 aliphatic rings. The molecule has 1 aliphatic heterocycles. The van der Waals surface area contributed by atoms with E-state index in [1.807, 2.05) is 0 Å². The van der Waals surface area contributed by atoms with Gasteiger partial charge in [-0.2, -0.15) is 0 Å². The quantitative estimate of drug-likeness (QED) is 0.872. The van der Waals surface area contributed by atoms with Gasteiger partial charge < -0.3 is 9.88 Å². The molecule has 6 nitrogen and oxygen atoms in total. The van der Waals surface area contributed by atoms with E-state index in [1.165, 1.54) is 18.6 Å². The third kappa shape index (κ3) is 3.39. The maximum absolute atomic E-state index is 12.2. The number of halogens is 2. The van der Waals surface area contributed by atoms with E-state index in [0.717, 1.165) is 37.5 Å². The highest BCUT2D eigenvalue weighted by Gasteiger charge is 2.16. The average molecular weight is 340 g/mol. The van der Waals surface area contributed by atoms with Crippen molar-refractivity contribution in [3.63, 3.8) is 0 Å². The highest BCUT2D eigenvalue weighted by molar-refractivity contribution is 6.33. The third-order valence-corrected chi connectivity index (χ3v) is 4.01. The van der Waals surface area contributed by atoms with Crippen molar-refractivity contribution in [3.05, 3.63) is 39.7 Å². The first-order valence-electron chi connectivity index (χ1n) is 7.16. The van der Waals surface area contributed by atoms with Crippen molar-refractivity contribution in [1.29, 1.82) is 0 Å². The monoisotopic (exact) mass is 339 g/mol. The molecule has 2 aromatic rings. The molecule has 1 amide bonds. The smallest absolute Gasteiger partial charge is 0.251 e. The van der Waals surface area contributed by atoms with E-state index >= 15 is 0 Å². The Bertz CT molecular complexity index is 680. The number of rotatable bonds is 3. The van der Waals surface area contributed by atoms with Gasteiger partial charge in [0.05, 0.1) is 6.54 Å². The van der Waals surface area contributed by atoms with Gasteiger partial charge in [0.25, 0.3) is 5.91 Å². The topological polar surface area (TPSA) is 72.7 Å². The zero-order chi connectivity index (χ0) is 15.5. The fraction of sp³-hybridized carbons (Fsp3) is 0.429. The summed E-state index contributed by atoms with van der Waals surface area (Å²) in [6.07, 6.45) is 4.39. The zero-order valence-corrected chi connectivity index (χ0v) is 13.4. The second-order valence-corrected chi connectivity index (χ2v) is 5.95. The lowest BCUT2D eigenvalue weighted by Crippen LogP contribution is -2.25. The molecule has 0 saturated carbocycles. The van der Waals surface area contributed by atoms with Crippen LogP contribution in [0.15, 0.2) is 12.1 Å². The van der Waals surface area contributed by atoms with Crippen molar-refractivity contribution >= 4 is 29.1 Å². The van der Waals surface area contributed by atoms with Crippen molar-refractivity contribution in [2.75, 3.05) is 0 Å². The Hall–Kier alpha value is -1.66. The van der Waals surface area contributed by atoms with Crippen molar-refractivity contribution in [3.8, 4) is 0 Å². The number of carbonyl (C=O) groups is 1. The van der Waals surface area contributed by atoms with Crippen LogP contribution in [0.25, 0.3) is 0 Å². The van der Waals surface area contributed by atoms with Crippen LogP contribution in [0.2, 0.25) is 10.3 Å². The van der Waals surface area contributed by atoms with Gasteiger partial charge in [0.2, 0.25) is 0 Å². The molecule has 2 aromatic heterocycles. The lowest BCUT2D eigenvalue weighted by atomic mass is 10.2. The number of hydrogen-bond acceptors (Lipinski definition) is 4. The molecule has 116 valence electrons. The van der Waals surface area contributed by atoms with Crippen molar-refractivity contribution < 1.29 is 4.79 Å². The maximum atomic E-state index is 12.2. The fourth-order valence-electron chi connectivity index (χ4n) is 2.53. The number of amides is 1. The van der Waals surface area contributed by atoms with Gasteiger partial charge >= 0.3 is 0 Å².